The van der Waals surface area contributed by atoms with Crippen molar-refractivity contribution in [3.05, 3.63) is 40.6 Å². The number of anilines is 1. The van der Waals surface area contributed by atoms with Crippen LogP contribution in [0.25, 0.3) is 0 Å². The van der Waals surface area contributed by atoms with Crippen LogP contribution in [0.15, 0.2) is 40.6 Å². The van der Waals surface area contributed by atoms with Gasteiger partial charge in [-0.3, -0.25) is 4.79 Å². The summed E-state index contributed by atoms with van der Waals surface area (Å²) >= 11 is 1.50. The molecule has 0 unspecified atom stereocenters. The summed E-state index contributed by atoms with van der Waals surface area (Å²) < 4.78 is 31.7. The first-order chi connectivity index (χ1) is 10.5. The number of rotatable bonds is 4. The predicted molar refractivity (Wildman–Crippen MR) is 83.5 cm³/mol. The van der Waals surface area contributed by atoms with Crippen molar-refractivity contribution in [1.82, 2.24) is 4.31 Å². The summed E-state index contributed by atoms with van der Waals surface area (Å²) in [5.74, 6) is 0.174. The molecule has 1 aliphatic rings. The van der Waals surface area contributed by atoms with Crippen molar-refractivity contribution in [2.75, 3.05) is 19.0 Å². The average molecular weight is 338 g/mol. The van der Waals surface area contributed by atoms with Crippen LogP contribution in [0.2, 0.25) is 0 Å². The molecule has 0 spiro atoms. The van der Waals surface area contributed by atoms with E-state index in [0.717, 1.165) is 4.88 Å². The number of amides is 1. The molecule has 8 heteroatoms. The third kappa shape index (κ3) is 2.85. The Hall–Kier alpha value is -1.90. The SMILES string of the molecule is CN(Cc1cccs1)S(=O)(=O)c1ccc2c(c1)NC(=O)CO2. The number of fused-ring (bicyclic) bond motifs is 1. The Bertz CT molecular complexity index is 800. The van der Waals surface area contributed by atoms with Crippen molar-refractivity contribution in [2.45, 2.75) is 11.4 Å². The molecule has 0 radical (unpaired) electrons. The van der Waals surface area contributed by atoms with Gasteiger partial charge >= 0.3 is 0 Å². The van der Waals surface area contributed by atoms with Crippen molar-refractivity contribution < 1.29 is 17.9 Å². The molecular formula is C14H14N2O4S2. The molecule has 0 fully saturated rings. The first-order valence-electron chi connectivity index (χ1n) is 6.52. The Balaban J connectivity index is 1.88. The van der Waals surface area contributed by atoms with Crippen LogP contribution >= 0.6 is 11.3 Å². The van der Waals surface area contributed by atoms with Crippen molar-refractivity contribution in [1.29, 1.82) is 0 Å². The summed E-state index contributed by atoms with van der Waals surface area (Å²) in [6.45, 7) is 0.247. The molecule has 22 heavy (non-hydrogen) atoms. The lowest BCUT2D eigenvalue weighted by atomic mass is 10.2. The second-order valence-electron chi connectivity index (χ2n) is 4.84. The maximum absolute atomic E-state index is 12.6. The number of hydrogen-bond acceptors (Lipinski definition) is 5. The second-order valence-corrected chi connectivity index (χ2v) is 7.91. The molecule has 2 heterocycles. The Kier molecular flexibility index (Phi) is 3.90. The number of nitrogens with one attached hydrogen (secondary N) is 1. The number of sulfonamides is 1. The quantitative estimate of drug-likeness (QED) is 0.924. The van der Waals surface area contributed by atoms with E-state index in [2.05, 4.69) is 5.32 Å². The molecule has 1 amide bonds. The van der Waals surface area contributed by atoms with Crippen LogP contribution in [-0.2, 0) is 21.4 Å². The molecule has 0 aliphatic carbocycles. The highest BCUT2D eigenvalue weighted by Gasteiger charge is 2.24. The van der Waals surface area contributed by atoms with Gasteiger partial charge in [0.2, 0.25) is 10.0 Å². The molecule has 3 rings (SSSR count). The second kappa shape index (κ2) is 5.71. The van der Waals surface area contributed by atoms with Crippen molar-refractivity contribution >= 4 is 33.0 Å². The van der Waals surface area contributed by atoms with Crippen molar-refractivity contribution in [3.63, 3.8) is 0 Å². The first-order valence-corrected chi connectivity index (χ1v) is 8.84. The molecule has 6 nitrogen and oxygen atoms in total. The molecular weight excluding hydrogens is 324 g/mol. The summed E-state index contributed by atoms with van der Waals surface area (Å²) in [6, 6.07) is 8.23. The number of hydrogen-bond donors (Lipinski definition) is 1. The van der Waals surface area contributed by atoms with Gasteiger partial charge in [0.05, 0.1) is 10.6 Å². The van der Waals surface area contributed by atoms with E-state index in [4.69, 9.17) is 4.74 Å². The highest BCUT2D eigenvalue weighted by molar-refractivity contribution is 7.89. The monoisotopic (exact) mass is 338 g/mol. The van der Waals surface area contributed by atoms with Crippen LogP contribution < -0.4 is 10.1 Å². The van der Waals surface area contributed by atoms with E-state index in [0.29, 0.717) is 18.0 Å². The average Bonchev–Trinajstić information content (AvgIpc) is 2.99. The van der Waals surface area contributed by atoms with Gasteiger partial charge in [0.25, 0.3) is 5.91 Å². The normalized spacial score (nSPS) is 14.4. The van der Waals surface area contributed by atoms with Crippen LogP contribution in [0.3, 0.4) is 0 Å². The molecule has 1 N–H and O–H groups in total. The zero-order valence-electron chi connectivity index (χ0n) is 11.8. The van der Waals surface area contributed by atoms with Gasteiger partial charge in [-0.2, -0.15) is 4.31 Å². The summed E-state index contributed by atoms with van der Waals surface area (Å²) in [5.41, 5.74) is 0.377. The number of thiophene rings is 1. The van der Waals surface area contributed by atoms with E-state index in [-0.39, 0.29) is 17.4 Å². The lowest BCUT2D eigenvalue weighted by Crippen LogP contribution is -2.28. The van der Waals surface area contributed by atoms with E-state index in [1.54, 1.807) is 6.07 Å². The zero-order valence-corrected chi connectivity index (χ0v) is 13.4. The van der Waals surface area contributed by atoms with Crippen LogP contribution in [0.5, 0.6) is 5.75 Å². The highest BCUT2D eigenvalue weighted by Crippen LogP contribution is 2.31. The van der Waals surface area contributed by atoms with Crippen molar-refractivity contribution in [2.24, 2.45) is 0 Å². The first kappa shape index (κ1) is 15.0. The van der Waals surface area contributed by atoms with E-state index in [1.807, 2.05) is 17.5 Å². The molecule has 2 aromatic rings. The number of ether oxygens (including phenoxy) is 1. The largest absolute Gasteiger partial charge is 0.482 e. The minimum Gasteiger partial charge on any atom is -0.482 e. The predicted octanol–water partition coefficient (Wildman–Crippen LogP) is 1.90. The summed E-state index contributed by atoms with van der Waals surface area (Å²) in [7, 11) is -2.10. The molecule has 0 saturated heterocycles. The number of carbonyl (C=O) groups is 1. The van der Waals surface area contributed by atoms with Gasteiger partial charge in [0.1, 0.15) is 5.75 Å². The fraction of sp³-hybridized carbons (Fsp3) is 0.214. The van der Waals surface area contributed by atoms with Gasteiger partial charge in [-0.15, -0.1) is 11.3 Å². The molecule has 1 aromatic heterocycles. The molecule has 0 saturated carbocycles. The van der Waals surface area contributed by atoms with Crippen LogP contribution in [0.1, 0.15) is 4.88 Å². The van der Waals surface area contributed by atoms with Crippen LogP contribution in [0, 0.1) is 0 Å². The molecule has 116 valence electrons. The summed E-state index contributed by atoms with van der Waals surface area (Å²) in [6.07, 6.45) is 0. The molecule has 1 aromatic carbocycles. The Morgan fingerprint density at radius 3 is 2.91 bits per heavy atom. The highest BCUT2D eigenvalue weighted by atomic mass is 32.2. The van der Waals surface area contributed by atoms with E-state index >= 15 is 0 Å². The van der Waals surface area contributed by atoms with Gasteiger partial charge < -0.3 is 10.1 Å². The van der Waals surface area contributed by atoms with Gasteiger partial charge in [0.15, 0.2) is 6.61 Å². The number of carbonyl (C=O) groups excluding carboxylic acids is 1. The third-order valence-corrected chi connectivity index (χ3v) is 5.91. The fourth-order valence-corrected chi connectivity index (χ4v) is 4.12. The van der Waals surface area contributed by atoms with E-state index in [1.165, 1.54) is 34.8 Å². The lowest BCUT2D eigenvalue weighted by Gasteiger charge is -2.20. The Morgan fingerprint density at radius 2 is 2.18 bits per heavy atom. The van der Waals surface area contributed by atoms with Gasteiger partial charge in [0, 0.05) is 18.5 Å². The standard InChI is InChI=1S/C14H14N2O4S2/c1-16(8-10-3-2-6-21-10)22(18,19)11-4-5-13-12(7-11)15-14(17)9-20-13/h2-7H,8-9H2,1H3,(H,15,17). The minimum atomic E-state index is -3.63. The Labute approximate surface area is 132 Å². The van der Waals surface area contributed by atoms with E-state index < -0.39 is 10.0 Å². The van der Waals surface area contributed by atoms with Gasteiger partial charge in [-0.05, 0) is 29.6 Å². The maximum Gasteiger partial charge on any atom is 0.262 e. The lowest BCUT2D eigenvalue weighted by molar-refractivity contribution is -0.118. The number of nitrogens with zero attached hydrogens (tertiary/aromatic N) is 1. The van der Waals surface area contributed by atoms with Gasteiger partial charge in [-0.25, -0.2) is 8.42 Å². The van der Waals surface area contributed by atoms with Crippen LogP contribution in [0.4, 0.5) is 5.69 Å². The topological polar surface area (TPSA) is 75.7 Å². The molecule has 0 atom stereocenters. The van der Waals surface area contributed by atoms with Crippen molar-refractivity contribution in [3.8, 4) is 5.75 Å². The fourth-order valence-electron chi connectivity index (χ4n) is 2.11. The van der Waals surface area contributed by atoms with E-state index in [9.17, 15) is 13.2 Å². The maximum atomic E-state index is 12.6. The number of benzene rings is 1. The summed E-state index contributed by atoms with van der Waals surface area (Å²) in [4.78, 5) is 12.4. The smallest absolute Gasteiger partial charge is 0.262 e. The molecule has 1 aliphatic heterocycles. The Morgan fingerprint density at radius 1 is 1.36 bits per heavy atom. The van der Waals surface area contributed by atoms with Gasteiger partial charge in [-0.1, -0.05) is 6.07 Å². The minimum absolute atomic E-state index is 0.0582. The zero-order chi connectivity index (χ0) is 15.7. The van der Waals surface area contributed by atoms with Crippen LogP contribution in [-0.4, -0.2) is 32.3 Å². The third-order valence-electron chi connectivity index (χ3n) is 3.25. The summed E-state index contributed by atoms with van der Waals surface area (Å²) in [5, 5.41) is 4.52. The molecule has 0 bridgehead atoms.